The third-order valence-electron chi connectivity index (χ3n) is 3.24. The molecular formula is C16H18F3N3O3S. The van der Waals surface area contributed by atoms with Gasteiger partial charge in [0.15, 0.2) is 0 Å². The minimum absolute atomic E-state index is 0.0886. The molecule has 0 unspecified atom stereocenters. The number of rotatable bonds is 8. The van der Waals surface area contributed by atoms with Crippen LogP contribution in [0.3, 0.4) is 0 Å². The lowest BCUT2D eigenvalue weighted by molar-refractivity contribution is -0.137. The van der Waals surface area contributed by atoms with Crippen molar-refractivity contribution >= 4 is 22.9 Å². The molecule has 2 aromatic rings. The fraction of sp³-hybridized carbons (Fsp3) is 0.375. The van der Waals surface area contributed by atoms with E-state index in [1.807, 2.05) is 0 Å². The summed E-state index contributed by atoms with van der Waals surface area (Å²) >= 11 is 1.26. The van der Waals surface area contributed by atoms with E-state index in [1.54, 1.807) is 0 Å². The number of alkyl halides is 3. The molecule has 0 spiro atoms. The second-order valence-electron chi connectivity index (χ2n) is 5.17. The molecular weight excluding hydrogens is 371 g/mol. The smallest absolute Gasteiger partial charge is 0.416 e. The van der Waals surface area contributed by atoms with E-state index >= 15 is 0 Å². The molecule has 0 aliphatic rings. The van der Waals surface area contributed by atoms with Gasteiger partial charge in [-0.15, -0.1) is 11.3 Å². The van der Waals surface area contributed by atoms with Crippen LogP contribution in [0.1, 0.15) is 21.1 Å². The van der Waals surface area contributed by atoms with Crippen molar-refractivity contribution in [3.63, 3.8) is 0 Å². The van der Waals surface area contributed by atoms with Crippen LogP contribution in [0.4, 0.5) is 18.9 Å². The van der Waals surface area contributed by atoms with E-state index in [9.17, 15) is 18.0 Å². The molecule has 0 atom stereocenters. The van der Waals surface area contributed by atoms with E-state index in [1.165, 1.54) is 23.8 Å². The number of benzene rings is 1. The molecule has 0 bridgehead atoms. The van der Waals surface area contributed by atoms with Crippen LogP contribution in [-0.2, 0) is 17.3 Å². The molecule has 1 aromatic heterocycles. The zero-order valence-corrected chi connectivity index (χ0v) is 14.7. The van der Waals surface area contributed by atoms with Gasteiger partial charge in [-0.3, -0.25) is 4.79 Å². The number of carbonyl (C=O) groups is 1. The lowest BCUT2D eigenvalue weighted by Crippen LogP contribution is -2.16. The zero-order valence-electron chi connectivity index (χ0n) is 13.9. The second kappa shape index (κ2) is 8.97. The summed E-state index contributed by atoms with van der Waals surface area (Å²) in [6.07, 6.45) is -4.02. The fourth-order valence-electron chi connectivity index (χ4n) is 2.00. The molecule has 0 saturated heterocycles. The number of nitrogens with two attached hydrogens (primary N) is 1. The summed E-state index contributed by atoms with van der Waals surface area (Å²) in [4.78, 5) is 16.4. The maximum absolute atomic E-state index is 13.0. The number of methoxy groups -OCH3 is 1. The van der Waals surface area contributed by atoms with E-state index in [0.29, 0.717) is 18.0 Å². The number of hydrogen-bond acceptors (Lipinski definition) is 6. The van der Waals surface area contributed by atoms with Crippen molar-refractivity contribution in [2.45, 2.75) is 12.6 Å². The standard InChI is InChI=1S/C16H18F3N3O3S/c1-24-6-7-25-13-3-2-10(16(17,18)19)8-11(13)22-15(23)12-9-26-14(21-12)4-5-20/h2-3,8-9H,4-7,20H2,1H3,(H,22,23). The Morgan fingerprint density at radius 3 is 2.77 bits per heavy atom. The van der Waals surface area contributed by atoms with Gasteiger partial charge in [0.25, 0.3) is 5.91 Å². The lowest BCUT2D eigenvalue weighted by Gasteiger charge is -2.15. The monoisotopic (exact) mass is 389 g/mol. The minimum atomic E-state index is -4.54. The molecule has 0 radical (unpaired) electrons. The SMILES string of the molecule is COCCOc1ccc(C(F)(F)F)cc1NC(=O)c1csc(CCN)n1. The topological polar surface area (TPSA) is 86.5 Å². The third-order valence-corrected chi connectivity index (χ3v) is 4.15. The summed E-state index contributed by atoms with van der Waals surface area (Å²) in [7, 11) is 1.47. The number of ether oxygens (including phenoxy) is 2. The van der Waals surface area contributed by atoms with Crippen molar-refractivity contribution in [3.8, 4) is 5.75 Å². The highest BCUT2D eigenvalue weighted by atomic mass is 32.1. The Balaban J connectivity index is 2.23. The van der Waals surface area contributed by atoms with Crippen molar-refractivity contribution in [1.82, 2.24) is 4.98 Å². The molecule has 0 saturated carbocycles. The molecule has 1 aromatic carbocycles. The van der Waals surface area contributed by atoms with Gasteiger partial charge in [-0.05, 0) is 24.7 Å². The summed E-state index contributed by atoms with van der Waals surface area (Å²) in [6.45, 7) is 0.769. The number of nitrogens with zero attached hydrogens (tertiary/aromatic N) is 1. The number of thiazole rings is 1. The van der Waals surface area contributed by atoms with Gasteiger partial charge in [0.2, 0.25) is 0 Å². The van der Waals surface area contributed by atoms with Crippen LogP contribution < -0.4 is 15.8 Å². The van der Waals surface area contributed by atoms with Crippen LogP contribution in [0.5, 0.6) is 5.75 Å². The van der Waals surface area contributed by atoms with Gasteiger partial charge in [-0.25, -0.2) is 4.98 Å². The summed E-state index contributed by atoms with van der Waals surface area (Å²) in [5.74, 6) is -0.513. The minimum Gasteiger partial charge on any atom is -0.489 e. The third kappa shape index (κ3) is 5.41. The first kappa shape index (κ1) is 20.1. The number of anilines is 1. The zero-order chi connectivity index (χ0) is 19.2. The molecule has 1 amide bonds. The van der Waals surface area contributed by atoms with Crippen molar-refractivity contribution < 1.29 is 27.4 Å². The molecule has 3 N–H and O–H groups in total. The van der Waals surface area contributed by atoms with Crippen molar-refractivity contribution in [1.29, 1.82) is 0 Å². The predicted octanol–water partition coefficient (Wildman–Crippen LogP) is 2.94. The Hall–Kier alpha value is -2.17. The number of hydrogen-bond donors (Lipinski definition) is 2. The highest BCUT2D eigenvalue weighted by Gasteiger charge is 2.31. The van der Waals surface area contributed by atoms with Crippen molar-refractivity contribution in [2.75, 3.05) is 32.2 Å². The Morgan fingerprint density at radius 2 is 2.12 bits per heavy atom. The summed E-state index contributed by atoms with van der Waals surface area (Å²) in [5.41, 5.74) is 4.56. The molecule has 0 aliphatic carbocycles. The first-order chi connectivity index (χ1) is 12.3. The van der Waals surface area contributed by atoms with Gasteiger partial charge in [-0.2, -0.15) is 13.2 Å². The summed E-state index contributed by atoms with van der Waals surface area (Å²) < 4.78 is 49.1. The van der Waals surface area contributed by atoms with Crippen LogP contribution in [0.25, 0.3) is 0 Å². The Kier molecular flexibility index (Phi) is 6.95. The fourth-order valence-corrected chi connectivity index (χ4v) is 2.80. The van der Waals surface area contributed by atoms with E-state index in [4.69, 9.17) is 15.2 Å². The highest BCUT2D eigenvalue weighted by molar-refractivity contribution is 7.09. The maximum atomic E-state index is 13.0. The second-order valence-corrected chi connectivity index (χ2v) is 6.11. The van der Waals surface area contributed by atoms with Crippen LogP contribution >= 0.6 is 11.3 Å². The van der Waals surface area contributed by atoms with Crippen molar-refractivity contribution in [2.24, 2.45) is 5.73 Å². The van der Waals surface area contributed by atoms with Crippen LogP contribution in [0.2, 0.25) is 0 Å². The molecule has 1 heterocycles. The van der Waals surface area contributed by atoms with Crippen molar-refractivity contribution in [3.05, 3.63) is 39.8 Å². The summed E-state index contributed by atoms with van der Waals surface area (Å²) in [5, 5.41) is 4.64. The first-order valence-electron chi connectivity index (χ1n) is 7.64. The van der Waals surface area contributed by atoms with Gasteiger partial charge in [-0.1, -0.05) is 0 Å². The number of aromatic nitrogens is 1. The van der Waals surface area contributed by atoms with E-state index in [2.05, 4.69) is 10.3 Å². The summed E-state index contributed by atoms with van der Waals surface area (Å²) in [6, 6.07) is 2.88. The molecule has 2 rings (SSSR count). The van der Waals surface area contributed by atoms with E-state index in [0.717, 1.165) is 18.2 Å². The van der Waals surface area contributed by atoms with Gasteiger partial charge in [0.1, 0.15) is 18.1 Å². The number of nitrogens with one attached hydrogen (secondary N) is 1. The number of halogens is 3. The van der Waals surface area contributed by atoms with Gasteiger partial charge in [0, 0.05) is 18.9 Å². The van der Waals surface area contributed by atoms with Gasteiger partial charge in [0.05, 0.1) is 22.9 Å². The largest absolute Gasteiger partial charge is 0.489 e. The average molecular weight is 389 g/mol. The quantitative estimate of drug-likeness (QED) is 0.678. The molecule has 0 aliphatic heterocycles. The Morgan fingerprint density at radius 1 is 1.35 bits per heavy atom. The Bertz CT molecular complexity index is 750. The van der Waals surface area contributed by atoms with E-state index < -0.39 is 17.6 Å². The Labute approximate surface area is 152 Å². The molecule has 10 heteroatoms. The molecule has 0 fully saturated rings. The molecule has 6 nitrogen and oxygen atoms in total. The van der Waals surface area contributed by atoms with Gasteiger partial charge >= 0.3 is 6.18 Å². The number of amides is 1. The lowest BCUT2D eigenvalue weighted by atomic mass is 10.1. The number of carbonyl (C=O) groups excluding carboxylic acids is 1. The van der Waals surface area contributed by atoms with Crippen LogP contribution in [0, 0.1) is 0 Å². The predicted molar refractivity (Wildman–Crippen MR) is 91.6 cm³/mol. The van der Waals surface area contributed by atoms with Crippen LogP contribution in [-0.4, -0.2) is 37.8 Å². The molecule has 26 heavy (non-hydrogen) atoms. The van der Waals surface area contributed by atoms with Gasteiger partial charge < -0.3 is 20.5 Å². The van der Waals surface area contributed by atoms with Crippen LogP contribution in [0.15, 0.2) is 23.6 Å². The maximum Gasteiger partial charge on any atom is 0.416 e. The molecule has 142 valence electrons. The first-order valence-corrected chi connectivity index (χ1v) is 8.52. The van der Waals surface area contributed by atoms with E-state index in [-0.39, 0.29) is 30.3 Å². The normalized spacial score (nSPS) is 11.4. The average Bonchev–Trinajstić information content (AvgIpc) is 3.04. The highest BCUT2D eigenvalue weighted by Crippen LogP contribution is 2.35.